The van der Waals surface area contributed by atoms with E-state index in [1.54, 1.807) is 23.1 Å². The number of nitrogens with two attached hydrogens (primary N) is 2. The van der Waals surface area contributed by atoms with Crippen LogP contribution in [0, 0.1) is 0 Å². The van der Waals surface area contributed by atoms with Crippen LogP contribution in [0.3, 0.4) is 0 Å². The number of para-hydroxylation sites is 2. The number of carbonyl (C=O) groups excluding carboxylic acids is 1. The van der Waals surface area contributed by atoms with Crippen molar-refractivity contribution in [1.82, 2.24) is 4.98 Å². The zero-order valence-electron chi connectivity index (χ0n) is 15.0. The zero-order chi connectivity index (χ0) is 19.5. The van der Waals surface area contributed by atoms with Crippen LogP contribution >= 0.6 is 11.3 Å². The number of carbonyl (C=O) groups is 1. The van der Waals surface area contributed by atoms with Crippen molar-refractivity contribution in [2.45, 2.75) is 0 Å². The molecule has 0 spiro atoms. The minimum atomic E-state index is -0.142. The molecule has 5 N–H and O–H groups in total. The molecule has 0 fully saturated rings. The van der Waals surface area contributed by atoms with E-state index in [1.807, 2.05) is 54.6 Å². The molecule has 0 aliphatic carbocycles. The van der Waals surface area contributed by atoms with Crippen molar-refractivity contribution < 1.29 is 4.79 Å². The number of fused-ring (bicyclic) bond motifs is 1. The van der Waals surface area contributed by atoms with Crippen molar-refractivity contribution in [3.63, 3.8) is 0 Å². The first-order chi connectivity index (χ1) is 13.6. The summed E-state index contributed by atoms with van der Waals surface area (Å²) in [5.41, 5.74) is 15.3. The summed E-state index contributed by atoms with van der Waals surface area (Å²) in [6, 6.07) is 22.0. The molecule has 0 radical (unpaired) electrons. The normalized spacial score (nSPS) is 10.7. The lowest BCUT2D eigenvalue weighted by Gasteiger charge is -2.24. The number of thiazole rings is 1. The largest absolute Gasteiger partial charge is 0.399 e. The highest BCUT2D eigenvalue weighted by molar-refractivity contribution is 7.22. The third-order valence-electron chi connectivity index (χ3n) is 4.29. The number of benzene rings is 3. The Labute approximate surface area is 166 Å². The summed E-state index contributed by atoms with van der Waals surface area (Å²) in [4.78, 5) is 19.3. The summed E-state index contributed by atoms with van der Waals surface area (Å²) < 4.78 is 0.989. The van der Waals surface area contributed by atoms with Crippen molar-refractivity contribution in [3.8, 4) is 0 Å². The van der Waals surface area contributed by atoms with Gasteiger partial charge in [0.25, 0.3) is 5.91 Å². The van der Waals surface area contributed by atoms with Gasteiger partial charge in [-0.25, -0.2) is 4.98 Å². The Morgan fingerprint density at radius 2 is 1.75 bits per heavy atom. The maximum absolute atomic E-state index is 13.1. The summed E-state index contributed by atoms with van der Waals surface area (Å²) in [5.74, 6) is -0.142. The molecule has 140 valence electrons. The van der Waals surface area contributed by atoms with Gasteiger partial charge >= 0.3 is 0 Å². The van der Waals surface area contributed by atoms with E-state index < -0.39 is 0 Å². The quantitative estimate of drug-likeness (QED) is 0.351. The molecule has 0 bridgehead atoms. The Balaban J connectivity index is 1.63. The van der Waals surface area contributed by atoms with Crippen molar-refractivity contribution in [1.29, 1.82) is 0 Å². The van der Waals surface area contributed by atoms with E-state index in [2.05, 4.69) is 10.3 Å². The van der Waals surface area contributed by atoms with E-state index in [0.29, 0.717) is 27.8 Å². The van der Waals surface area contributed by atoms with E-state index in [4.69, 9.17) is 11.5 Å². The van der Waals surface area contributed by atoms with Gasteiger partial charge in [0.15, 0.2) is 5.13 Å². The summed E-state index contributed by atoms with van der Waals surface area (Å²) in [5, 5.41) is 3.96. The molecular weight excluding hydrogens is 370 g/mol. The SMILES string of the molecule is Nc1ccc2nc(NCN(C(=O)c3ccccc3)c3ccccc3N)sc2c1. The lowest BCUT2D eigenvalue weighted by molar-refractivity contribution is 0.0989. The monoisotopic (exact) mass is 389 g/mol. The molecule has 4 rings (SSSR count). The van der Waals surface area contributed by atoms with Crippen LogP contribution in [0.5, 0.6) is 0 Å². The van der Waals surface area contributed by atoms with Gasteiger partial charge in [0.1, 0.15) is 0 Å². The second-order valence-electron chi connectivity index (χ2n) is 6.24. The van der Waals surface area contributed by atoms with Gasteiger partial charge in [-0.05, 0) is 42.5 Å². The van der Waals surface area contributed by atoms with Crippen LogP contribution in [-0.4, -0.2) is 17.6 Å². The van der Waals surface area contributed by atoms with Crippen molar-refractivity contribution in [2.24, 2.45) is 0 Å². The van der Waals surface area contributed by atoms with Crippen LogP contribution in [0.15, 0.2) is 72.8 Å². The van der Waals surface area contributed by atoms with Gasteiger partial charge in [0.2, 0.25) is 0 Å². The van der Waals surface area contributed by atoms with Crippen LogP contribution in [0.4, 0.5) is 22.2 Å². The lowest BCUT2D eigenvalue weighted by Crippen LogP contribution is -2.36. The summed E-state index contributed by atoms with van der Waals surface area (Å²) >= 11 is 1.49. The third-order valence-corrected chi connectivity index (χ3v) is 5.27. The number of hydrogen-bond acceptors (Lipinski definition) is 6. The molecule has 1 aromatic heterocycles. The van der Waals surface area contributed by atoms with Crippen LogP contribution in [0.25, 0.3) is 10.2 Å². The molecule has 4 aromatic rings. The molecule has 0 unspecified atom stereocenters. The number of aromatic nitrogens is 1. The molecule has 0 saturated carbocycles. The molecule has 1 amide bonds. The fourth-order valence-electron chi connectivity index (χ4n) is 2.90. The van der Waals surface area contributed by atoms with E-state index >= 15 is 0 Å². The summed E-state index contributed by atoms with van der Waals surface area (Å²) in [6.45, 7) is 0.233. The van der Waals surface area contributed by atoms with Crippen molar-refractivity contribution in [3.05, 3.63) is 78.4 Å². The number of nitrogens with one attached hydrogen (secondary N) is 1. The van der Waals surface area contributed by atoms with Gasteiger partial charge in [-0.1, -0.05) is 41.7 Å². The van der Waals surface area contributed by atoms with Crippen LogP contribution in [-0.2, 0) is 0 Å². The maximum atomic E-state index is 13.1. The standard InChI is InChI=1S/C21H19N5OS/c22-15-10-11-17-19(12-15)28-21(25-17)24-13-26(18-9-5-4-8-16(18)23)20(27)14-6-2-1-3-7-14/h1-12H,13,22-23H2,(H,24,25). The number of nitrogens with zero attached hydrogens (tertiary/aromatic N) is 2. The Morgan fingerprint density at radius 1 is 1.00 bits per heavy atom. The fraction of sp³-hybridized carbons (Fsp3) is 0.0476. The molecule has 0 aliphatic heterocycles. The van der Waals surface area contributed by atoms with Gasteiger partial charge in [-0.2, -0.15) is 0 Å². The van der Waals surface area contributed by atoms with Gasteiger partial charge in [0.05, 0.1) is 28.3 Å². The molecule has 0 saturated heterocycles. The van der Waals surface area contributed by atoms with Crippen LogP contribution < -0.4 is 21.7 Å². The van der Waals surface area contributed by atoms with E-state index in [9.17, 15) is 4.79 Å². The molecule has 1 heterocycles. The Morgan fingerprint density at radius 3 is 2.54 bits per heavy atom. The predicted molar refractivity (Wildman–Crippen MR) is 117 cm³/mol. The second-order valence-corrected chi connectivity index (χ2v) is 7.27. The second kappa shape index (κ2) is 7.58. The number of nitrogen functional groups attached to an aromatic ring is 2. The average molecular weight is 389 g/mol. The Bertz CT molecular complexity index is 1130. The molecule has 6 nitrogen and oxygen atoms in total. The van der Waals surface area contributed by atoms with Gasteiger partial charge in [-0.3, -0.25) is 9.69 Å². The lowest BCUT2D eigenvalue weighted by atomic mass is 10.1. The van der Waals surface area contributed by atoms with E-state index in [0.717, 1.165) is 10.2 Å². The Kier molecular flexibility index (Phi) is 4.82. The number of hydrogen-bond donors (Lipinski definition) is 3. The summed E-state index contributed by atoms with van der Waals surface area (Å²) in [7, 11) is 0. The highest BCUT2D eigenvalue weighted by Gasteiger charge is 2.19. The first-order valence-electron chi connectivity index (χ1n) is 8.73. The number of amides is 1. The van der Waals surface area contributed by atoms with E-state index in [1.165, 1.54) is 11.3 Å². The zero-order valence-corrected chi connectivity index (χ0v) is 15.8. The number of anilines is 4. The highest BCUT2D eigenvalue weighted by Crippen LogP contribution is 2.29. The molecule has 0 aliphatic rings. The molecule has 3 aromatic carbocycles. The van der Waals surface area contributed by atoms with Crippen molar-refractivity contribution >= 4 is 49.7 Å². The van der Waals surface area contributed by atoms with Gasteiger partial charge < -0.3 is 16.8 Å². The fourth-order valence-corrected chi connectivity index (χ4v) is 3.80. The molecule has 7 heteroatoms. The average Bonchev–Trinajstić information content (AvgIpc) is 3.11. The minimum absolute atomic E-state index is 0.142. The molecular formula is C21H19N5OS. The molecule has 28 heavy (non-hydrogen) atoms. The first kappa shape index (κ1) is 17.8. The van der Waals surface area contributed by atoms with Crippen LogP contribution in [0.1, 0.15) is 10.4 Å². The van der Waals surface area contributed by atoms with Crippen LogP contribution in [0.2, 0.25) is 0 Å². The third kappa shape index (κ3) is 3.60. The minimum Gasteiger partial charge on any atom is -0.399 e. The number of rotatable bonds is 5. The van der Waals surface area contributed by atoms with E-state index in [-0.39, 0.29) is 12.6 Å². The topological polar surface area (TPSA) is 97.3 Å². The highest BCUT2D eigenvalue weighted by atomic mass is 32.1. The molecule has 0 atom stereocenters. The van der Waals surface area contributed by atoms with Gasteiger partial charge in [-0.15, -0.1) is 0 Å². The summed E-state index contributed by atoms with van der Waals surface area (Å²) in [6.07, 6.45) is 0. The smallest absolute Gasteiger partial charge is 0.259 e. The van der Waals surface area contributed by atoms with Gasteiger partial charge in [0, 0.05) is 11.3 Å². The predicted octanol–water partition coefficient (Wildman–Crippen LogP) is 4.18. The Hall–Kier alpha value is -3.58. The van der Waals surface area contributed by atoms with Crippen molar-refractivity contribution in [2.75, 3.05) is 28.4 Å². The first-order valence-corrected chi connectivity index (χ1v) is 9.55. The maximum Gasteiger partial charge on any atom is 0.259 e.